The molecular weight excluding hydrogens is 202 g/mol. The van der Waals surface area contributed by atoms with Crippen LogP contribution in [-0.2, 0) is 10.8 Å². The molecule has 0 bridgehead atoms. The summed E-state index contributed by atoms with van der Waals surface area (Å²) < 4.78 is 11.1. The van der Waals surface area contributed by atoms with Crippen LogP contribution in [0.3, 0.4) is 0 Å². The lowest BCUT2D eigenvalue weighted by Gasteiger charge is -2.13. The number of thioether (sulfide) groups is 1. The van der Waals surface area contributed by atoms with Gasteiger partial charge < -0.3 is 5.32 Å². The predicted octanol–water partition coefficient (Wildman–Crippen LogP) is 1.24. The smallest absolute Gasteiger partial charge is 0.0329 e. The third kappa shape index (κ3) is 4.47. The Kier molecular flexibility index (Phi) is 5.36. The molecule has 0 aliphatic carbocycles. The zero-order valence-electron chi connectivity index (χ0n) is 8.41. The molecule has 3 atom stereocenters. The van der Waals surface area contributed by atoms with Crippen LogP contribution in [0.4, 0.5) is 0 Å². The van der Waals surface area contributed by atoms with Gasteiger partial charge in [-0.05, 0) is 25.1 Å². The van der Waals surface area contributed by atoms with Gasteiger partial charge >= 0.3 is 0 Å². The maximum atomic E-state index is 11.1. The van der Waals surface area contributed by atoms with Gasteiger partial charge in [-0.15, -0.1) is 0 Å². The third-order valence-corrected chi connectivity index (χ3v) is 5.01. The first kappa shape index (κ1) is 11.5. The zero-order valence-corrected chi connectivity index (χ0v) is 10.0. The monoisotopic (exact) mass is 221 g/mol. The molecule has 0 aromatic rings. The van der Waals surface area contributed by atoms with E-state index in [1.807, 2.05) is 11.8 Å². The summed E-state index contributed by atoms with van der Waals surface area (Å²) in [7, 11) is -0.659. The van der Waals surface area contributed by atoms with Gasteiger partial charge in [0.15, 0.2) is 0 Å². The number of hydrogen-bond acceptors (Lipinski definition) is 3. The van der Waals surface area contributed by atoms with Crippen LogP contribution in [0.2, 0.25) is 0 Å². The minimum absolute atomic E-state index is 0.335. The van der Waals surface area contributed by atoms with E-state index in [9.17, 15) is 4.21 Å². The molecule has 0 aromatic carbocycles. The molecule has 1 aliphatic heterocycles. The molecule has 1 fully saturated rings. The molecule has 4 heteroatoms. The van der Waals surface area contributed by atoms with Crippen LogP contribution < -0.4 is 5.32 Å². The molecule has 1 N–H and O–H groups in total. The SMILES string of the molecule is CC(CCNC1CCSC1)S(C)=O. The molecule has 1 aliphatic rings. The average Bonchev–Trinajstić information content (AvgIpc) is 2.56. The highest BCUT2D eigenvalue weighted by molar-refractivity contribution is 7.99. The Morgan fingerprint density at radius 2 is 2.46 bits per heavy atom. The van der Waals surface area contributed by atoms with E-state index in [4.69, 9.17) is 0 Å². The summed E-state index contributed by atoms with van der Waals surface area (Å²) in [6, 6.07) is 0.711. The summed E-state index contributed by atoms with van der Waals surface area (Å²) in [6.07, 6.45) is 4.12. The van der Waals surface area contributed by atoms with Crippen LogP contribution in [0.25, 0.3) is 0 Å². The fourth-order valence-corrected chi connectivity index (χ4v) is 2.99. The summed E-state index contributed by atoms with van der Waals surface area (Å²) in [5.41, 5.74) is 0. The largest absolute Gasteiger partial charge is 0.313 e. The van der Waals surface area contributed by atoms with E-state index >= 15 is 0 Å². The van der Waals surface area contributed by atoms with Crippen LogP contribution in [0.15, 0.2) is 0 Å². The molecule has 1 saturated heterocycles. The quantitative estimate of drug-likeness (QED) is 0.757. The van der Waals surface area contributed by atoms with Crippen molar-refractivity contribution in [2.75, 3.05) is 24.3 Å². The van der Waals surface area contributed by atoms with Crippen LogP contribution in [0.5, 0.6) is 0 Å². The van der Waals surface area contributed by atoms with Crippen molar-refractivity contribution in [2.24, 2.45) is 0 Å². The molecule has 1 heterocycles. The minimum atomic E-state index is -0.659. The number of hydrogen-bond donors (Lipinski definition) is 1. The molecule has 0 saturated carbocycles. The summed E-state index contributed by atoms with van der Waals surface area (Å²) in [4.78, 5) is 0. The van der Waals surface area contributed by atoms with Gasteiger partial charge in [0.05, 0.1) is 0 Å². The van der Waals surface area contributed by atoms with E-state index < -0.39 is 10.8 Å². The Hall–Kier alpha value is 0.460. The number of rotatable bonds is 5. The van der Waals surface area contributed by atoms with E-state index in [0.717, 1.165) is 13.0 Å². The van der Waals surface area contributed by atoms with Crippen LogP contribution >= 0.6 is 11.8 Å². The standard InChI is InChI=1S/C9H19NOS2/c1-8(13(2)11)3-5-10-9-4-6-12-7-9/h8-10H,3-7H2,1-2H3. The lowest BCUT2D eigenvalue weighted by Crippen LogP contribution is -2.31. The van der Waals surface area contributed by atoms with Crippen molar-refractivity contribution in [2.45, 2.75) is 31.1 Å². The summed E-state index contributed by atoms with van der Waals surface area (Å²) in [6.45, 7) is 3.08. The van der Waals surface area contributed by atoms with Gasteiger partial charge in [-0.25, -0.2) is 0 Å². The van der Waals surface area contributed by atoms with Crippen molar-refractivity contribution in [1.82, 2.24) is 5.32 Å². The summed E-state index contributed by atoms with van der Waals surface area (Å²) in [5, 5.41) is 3.85. The van der Waals surface area contributed by atoms with Crippen molar-refractivity contribution in [3.8, 4) is 0 Å². The Bertz CT molecular complexity index is 169. The summed E-state index contributed by atoms with van der Waals surface area (Å²) in [5.74, 6) is 2.55. The second-order valence-electron chi connectivity index (χ2n) is 3.61. The van der Waals surface area contributed by atoms with Gasteiger partial charge in [0, 0.05) is 34.1 Å². The highest BCUT2D eigenvalue weighted by Crippen LogP contribution is 2.16. The van der Waals surface area contributed by atoms with E-state index in [1.165, 1.54) is 17.9 Å². The van der Waals surface area contributed by atoms with Crippen molar-refractivity contribution in [3.63, 3.8) is 0 Å². The fraction of sp³-hybridized carbons (Fsp3) is 1.00. The normalized spacial score (nSPS) is 27.4. The van der Waals surface area contributed by atoms with Crippen molar-refractivity contribution >= 4 is 22.6 Å². The van der Waals surface area contributed by atoms with E-state index in [1.54, 1.807) is 6.26 Å². The maximum Gasteiger partial charge on any atom is 0.0329 e. The molecule has 2 nitrogen and oxygen atoms in total. The molecule has 3 unspecified atom stereocenters. The lowest BCUT2D eigenvalue weighted by atomic mass is 10.2. The molecule has 13 heavy (non-hydrogen) atoms. The predicted molar refractivity (Wildman–Crippen MR) is 61.9 cm³/mol. The molecule has 0 radical (unpaired) electrons. The Morgan fingerprint density at radius 3 is 3.00 bits per heavy atom. The van der Waals surface area contributed by atoms with Gasteiger partial charge in [0.2, 0.25) is 0 Å². The van der Waals surface area contributed by atoms with E-state index in [2.05, 4.69) is 12.2 Å². The molecule has 0 aromatic heterocycles. The lowest BCUT2D eigenvalue weighted by molar-refractivity contribution is 0.541. The molecule has 0 spiro atoms. The second-order valence-corrected chi connectivity index (χ2v) is 6.56. The van der Waals surface area contributed by atoms with Gasteiger partial charge in [-0.2, -0.15) is 11.8 Å². The molecule has 78 valence electrons. The van der Waals surface area contributed by atoms with E-state index in [0.29, 0.717) is 11.3 Å². The van der Waals surface area contributed by atoms with Gasteiger partial charge in [0.25, 0.3) is 0 Å². The highest BCUT2D eigenvalue weighted by atomic mass is 32.2. The van der Waals surface area contributed by atoms with Gasteiger partial charge in [-0.1, -0.05) is 6.92 Å². The van der Waals surface area contributed by atoms with Gasteiger partial charge in [-0.3, -0.25) is 4.21 Å². The van der Waals surface area contributed by atoms with Gasteiger partial charge in [0.1, 0.15) is 0 Å². The van der Waals surface area contributed by atoms with Crippen LogP contribution in [0.1, 0.15) is 19.8 Å². The maximum absolute atomic E-state index is 11.1. The molecule has 1 rings (SSSR count). The minimum Gasteiger partial charge on any atom is -0.313 e. The van der Waals surface area contributed by atoms with Crippen molar-refractivity contribution < 1.29 is 4.21 Å². The Balaban J connectivity index is 2.02. The summed E-state index contributed by atoms with van der Waals surface area (Å²) >= 11 is 2.02. The zero-order chi connectivity index (χ0) is 9.68. The third-order valence-electron chi connectivity index (χ3n) is 2.48. The second kappa shape index (κ2) is 6.04. The van der Waals surface area contributed by atoms with Crippen molar-refractivity contribution in [3.05, 3.63) is 0 Å². The Morgan fingerprint density at radius 1 is 1.69 bits per heavy atom. The topological polar surface area (TPSA) is 29.1 Å². The molecular formula is C9H19NOS2. The van der Waals surface area contributed by atoms with Crippen LogP contribution in [0, 0.1) is 0 Å². The van der Waals surface area contributed by atoms with Crippen molar-refractivity contribution in [1.29, 1.82) is 0 Å². The molecule has 0 amide bonds. The first-order chi connectivity index (χ1) is 6.20. The first-order valence-corrected chi connectivity index (χ1v) is 7.61. The average molecular weight is 221 g/mol. The Labute approximate surface area is 87.7 Å². The first-order valence-electron chi connectivity index (χ1n) is 4.83. The highest BCUT2D eigenvalue weighted by Gasteiger charge is 2.14. The number of nitrogens with one attached hydrogen (secondary N) is 1. The van der Waals surface area contributed by atoms with E-state index in [-0.39, 0.29) is 0 Å². The fourth-order valence-electron chi connectivity index (χ4n) is 1.35. The van der Waals surface area contributed by atoms with Crippen LogP contribution in [-0.4, -0.2) is 39.8 Å².